The highest BCUT2D eigenvalue weighted by Crippen LogP contribution is 2.17. The van der Waals surface area contributed by atoms with Crippen LogP contribution in [0.4, 0.5) is 0 Å². The van der Waals surface area contributed by atoms with Crippen molar-refractivity contribution in [2.24, 2.45) is 0 Å². The molecule has 2 aromatic carbocycles. The molecular formula is C21H26ClNO2. The molecule has 2 aromatic rings. The Hall–Kier alpha value is -2.00. The van der Waals surface area contributed by atoms with Crippen molar-refractivity contribution in [3.8, 4) is 5.75 Å². The first-order valence-corrected chi connectivity index (χ1v) is 9.12. The van der Waals surface area contributed by atoms with Gasteiger partial charge in [-0.1, -0.05) is 49.7 Å². The van der Waals surface area contributed by atoms with Crippen LogP contribution in [0.15, 0.2) is 48.5 Å². The molecule has 0 saturated heterocycles. The molecule has 0 radical (unpaired) electrons. The van der Waals surface area contributed by atoms with E-state index in [1.165, 1.54) is 11.1 Å². The number of hydrogen-bond acceptors (Lipinski definition) is 2. The number of ether oxygens (including phenoxy) is 1. The predicted molar refractivity (Wildman–Crippen MR) is 103 cm³/mol. The minimum absolute atomic E-state index is 0.106. The summed E-state index contributed by atoms with van der Waals surface area (Å²) in [6.45, 7) is 6.77. The number of halogens is 1. The standard InChI is InChI=1S/C21H26ClNO2/c1-15(2)18-8-6-17(7-9-18)5-4-14-23-21(24)16(3)25-20-12-10-19(22)11-13-20/h6-13,15-16H,4-5,14H2,1-3H3,(H,23,24)/t16-/m1/s1. The predicted octanol–water partition coefficient (Wildman–Crippen LogP) is 4.98. The summed E-state index contributed by atoms with van der Waals surface area (Å²) >= 11 is 5.83. The maximum Gasteiger partial charge on any atom is 0.260 e. The average Bonchev–Trinajstić information content (AvgIpc) is 2.60. The van der Waals surface area contributed by atoms with Gasteiger partial charge >= 0.3 is 0 Å². The van der Waals surface area contributed by atoms with Crippen LogP contribution in [0, 0.1) is 0 Å². The Morgan fingerprint density at radius 2 is 1.68 bits per heavy atom. The quantitative estimate of drug-likeness (QED) is 0.675. The van der Waals surface area contributed by atoms with Gasteiger partial charge < -0.3 is 10.1 Å². The molecule has 0 saturated carbocycles. The molecule has 0 aliphatic carbocycles. The molecule has 134 valence electrons. The number of benzene rings is 2. The zero-order valence-corrected chi connectivity index (χ0v) is 15.8. The summed E-state index contributed by atoms with van der Waals surface area (Å²) in [6, 6.07) is 15.7. The van der Waals surface area contributed by atoms with Crippen LogP contribution in [-0.4, -0.2) is 18.6 Å². The van der Waals surface area contributed by atoms with E-state index in [0.29, 0.717) is 23.2 Å². The molecule has 0 aliphatic rings. The Bertz CT molecular complexity index is 665. The van der Waals surface area contributed by atoms with Gasteiger partial charge in [-0.2, -0.15) is 0 Å². The number of nitrogens with one attached hydrogen (secondary N) is 1. The third-order valence-electron chi connectivity index (χ3n) is 4.08. The Balaban J connectivity index is 1.69. The molecule has 3 nitrogen and oxygen atoms in total. The Kier molecular flexibility index (Phi) is 7.32. The fraction of sp³-hybridized carbons (Fsp3) is 0.381. The fourth-order valence-electron chi connectivity index (χ4n) is 2.49. The van der Waals surface area contributed by atoms with Gasteiger partial charge in [0.1, 0.15) is 5.75 Å². The third kappa shape index (κ3) is 6.43. The van der Waals surface area contributed by atoms with Crippen molar-refractivity contribution in [2.45, 2.75) is 45.6 Å². The van der Waals surface area contributed by atoms with Crippen LogP contribution in [0.3, 0.4) is 0 Å². The maximum atomic E-state index is 12.1. The SMILES string of the molecule is CC(C)c1ccc(CCCNC(=O)[C@@H](C)Oc2ccc(Cl)cc2)cc1. The normalized spacial score (nSPS) is 12.0. The summed E-state index contributed by atoms with van der Waals surface area (Å²) < 4.78 is 5.61. The van der Waals surface area contributed by atoms with Gasteiger partial charge in [0, 0.05) is 11.6 Å². The van der Waals surface area contributed by atoms with E-state index < -0.39 is 6.10 Å². The van der Waals surface area contributed by atoms with E-state index in [9.17, 15) is 4.79 Å². The zero-order valence-electron chi connectivity index (χ0n) is 15.1. The van der Waals surface area contributed by atoms with Crippen LogP contribution in [0.25, 0.3) is 0 Å². The minimum Gasteiger partial charge on any atom is -0.481 e. The fourth-order valence-corrected chi connectivity index (χ4v) is 2.61. The number of carbonyl (C=O) groups is 1. The smallest absolute Gasteiger partial charge is 0.260 e. The summed E-state index contributed by atoms with van der Waals surface area (Å²) in [4.78, 5) is 12.1. The monoisotopic (exact) mass is 359 g/mol. The molecule has 0 heterocycles. The van der Waals surface area contributed by atoms with Crippen LogP contribution in [0.1, 0.15) is 44.2 Å². The molecule has 4 heteroatoms. The third-order valence-corrected chi connectivity index (χ3v) is 4.34. The number of rotatable bonds is 8. The van der Waals surface area contributed by atoms with Crippen molar-refractivity contribution in [3.63, 3.8) is 0 Å². The van der Waals surface area contributed by atoms with Gasteiger partial charge in [0.15, 0.2) is 6.10 Å². The lowest BCUT2D eigenvalue weighted by molar-refractivity contribution is -0.127. The summed E-state index contributed by atoms with van der Waals surface area (Å²) in [5.74, 6) is 1.08. The van der Waals surface area contributed by atoms with Crippen LogP contribution >= 0.6 is 11.6 Å². The van der Waals surface area contributed by atoms with E-state index in [4.69, 9.17) is 16.3 Å². The minimum atomic E-state index is -0.536. The van der Waals surface area contributed by atoms with E-state index >= 15 is 0 Å². The van der Waals surface area contributed by atoms with Crippen LogP contribution in [0.2, 0.25) is 5.02 Å². The zero-order chi connectivity index (χ0) is 18.2. The number of hydrogen-bond donors (Lipinski definition) is 1. The molecule has 0 aromatic heterocycles. The maximum absolute atomic E-state index is 12.1. The molecule has 1 N–H and O–H groups in total. The van der Waals surface area contributed by atoms with Crippen molar-refractivity contribution in [1.82, 2.24) is 5.32 Å². The van der Waals surface area contributed by atoms with Crippen molar-refractivity contribution < 1.29 is 9.53 Å². The van der Waals surface area contributed by atoms with Gasteiger partial charge in [-0.3, -0.25) is 4.79 Å². The second-order valence-electron chi connectivity index (χ2n) is 6.50. The van der Waals surface area contributed by atoms with Crippen LogP contribution in [-0.2, 0) is 11.2 Å². The Morgan fingerprint density at radius 3 is 2.28 bits per heavy atom. The van der Waals surface area contributed by atoms with Crippen molar-refractivity contribution in [1.29, 1.82) is 0 Å². The summed E-state index contributed by atoms with van der Waals surface area (Å²) in [5, 5.41) is 3.57. The van der Waals surface area contributed by atoms with Crippen molar-refractivity contribution >= 4 is 17.5 Å². The second-order valence-corrected chi connectivity index (χ2v) is 6.94. The lowest BCUT2D eigenvalue weighted by Crippen LogP contribution is -2.36. The topological polar surface area (TPSA) is 38.3 Å². The second kappa shape index (κ2) is 9.47. The van der Waals surface area contributed by atoms with E-state index in [1.807, 2.05) is 0 Å². The molecule has 2 rings (SSSR count). The molecule has 0 bridgehead atoms. The summed E-state index contributed by atoms with van der Waals surface area (Å²) in [7, 11) is 0. The van der Waals surface area contributed by atoms with E-state index in [1.54, 1.807) is 31.2 Å². The van der Waals surface area contributed by atoms with Gasteiger partial charge in [0.05, 0.1) is 0 Å². The van der Waals surface area contributed by atoms with Gasteiger partial charge in [-0.15, -0.1) is 0 Å². The van der Waals surface area contributed by atoms with E-state index in [-0.39, 0.29) is 5.91 Å². The highest BCUT2D eigenvalue weighted by atomic mass is 35.5. The van der Waals surface area contributed by atoms with Gasteiger partial charge in [0.2, 0.25) is 0 Å². The lowest BCUT2D eigenvalue weighted by Gasteiger charge is -2.14. The summed E-state index contributed by atoms with van der Waals surface area (Å²) in [5.41, 5.74) is 2.65. The number of amides is 1. The first kappa shape index (κ1) is 19.3. The Morgan fingerprint density at radius 1 is 1.04 bits per heavy atom. The highest BCUT2D eigenvalue weighted by Gasteiger charge is 2.13. The number of aryl methyl sites for hydroxylation is 1. The summed E-state index contributed by atoms with van der Waals surface area (Å²) in [6.07, 6.45) is 1.32. The molecule has 0 aliphatic heterocycles. The highest BCUT2D eigenvalue weighted by molar-refractivity contribution is 6.30. The molecule has 1 amide bonds. The first-order valence-electron chi connectivity index (χ1n) is 8.74. The van der Waals surface area contributed by atoms with Crippen molar-refractivity contribution in [2.75, 3.05) is 6.54 Å². The molecule has 0 fully saturated rings. The largest absolute Gasteiger partial charge is 0.481 e. The van der Waals surface area contributed by atoms with Crippen LogP contribution < -0.4 is 10.1 Å². The van der Waals surface area contributed by atoms with Crippen molar-refractivity contribution in [3.05, 3.63) is 64.7 Å². The van der Waals surface area contributed by atoms with Gasteiger partial charge in [0.25, 0.3) is 5.91 Å². The lowest BCUT2D eigenvalue weighted by atomic mass is 10.0. The van der Waals surface area contributed by atoms with Gasteiger partial charge in [-0.25, -0.2) is 0 Å². The van der Waals surface area contributed by atoms with E-state index in [2.05, 4.69) is 43.4 Å². The van der Waals surface area contributed by atoms with E-state index in [0.717, 1.165) is 12.8 Å². The molecule has 25 heavy (non-hydrogen) atoms. The Labute approximate surface area is 155 Å². The molecule has 1 atom stereocenters. The van der Waals surface area contributed by atoms with Crippen LogP contribution in [0.5, 0.6) is 5.75 Å². The number of carbonyl (C=O) groups excluding carboxylic acids is 1. The molecule has 0 spiro atoms. The first-order chi connectivity index (χ1) is 12.0. The molecule has 0 unspecified atom stereocenters. The van der Waals surface area contributed by atoms with Gasteiger partial charge in [-0.05, 0) is 61.1 Å². The average molecular weight is 360 g/mol. The molecular weight excluding hydrogens is 334 g/mol.